The molecule has 0 bridgehead atoms. The number of para-hydroxylation sites is 2. The predicted octanol–water partition coefficient (Wildman–Crippen LogP) is 4.28. The van der Waals surface area contributed by atoms with Crippen LogP contribution in [0.15, 0.2) is 64.0 Å². The van der Waals surface area contributed by atoms with E-state index in [9.17, 15) is 0 Å². The van der Waals surface area contributed by atoms with Crippen LogP contribution in [0.4, 0.5) is 0 Å². The van der Waals surface area contributed by atoms with Crippen LogP contribution in [0.2, 0.25) is 0 Å². The van der Waals surface area contributed by atoms with Gasteiger partial charge in [-0.15, -0.1) is 24.0 Å². The highest BCUT2D eigenvalue weighted by Crippen LogP contribution is 2.31. The number of furan rings is 1. The third-order valence-corrected chi connectivity index (χ3v) is 4.63. The van der Waals surface area contributed by atoms with Gasteiger partial charge in [-0.25, -0.2) is 0 Å². The Balaban J connectivity index is 0.00000210. The molecule has 3 aromatic rings. The third-order valence-electron chi connectivity index (χ3n) is 4.63. The van der Waals surface area contributed by atoms with Gasteiger partial charge in [0.2, 0.25) is 0 Å². The minimum Gasteiger partial charge on any atom is -0.493 e. The summed E-state index contributed by atoms with van der Waals surface area (Å²) in [5.41, 5.74) is 2.11. The summed E-state index contributed by atoms with van der Waals surface area (Å²) in [6.45, 7) is 1.47. The first-order valence-corrected chi connectivity index (χ1v) is 9.00. The Morgan fingerprint density at radius 1 is 1.15 bits per heavy atom. The molecule has 0 amide bonds. The number of fused-ring (bicyclic) bond motifs is 2. The van der Waals surface area contributed by atoms with E-state index in [1.165, 1.54) is 5.56 Å². The van der Waals surface area contributed by atoms with Crippen LogP contribution < -0.4 is 15.4 Å². The Labute approximate surface area is 176 Å². The molecule has 1 atom stereocenters. The first-order chi connectivity index (χ1) is 12.8. The van der Waals surface area contributed by atoms with Gasteiger partial charge in [0, 0.05) is 37.4 Å². The van der Waals surface area contributed by atoms with E-state index < -0.39 is 0 Å². The van der Waals surface area contributed by atoms with Crippen molar-refractivity contribution < 1.29 is 9.15 Å². The van der Waals surface area contributed by atoms with Crippen molar-refractivity contribution in [3.63, 3.8) is 0 Å². The molecule has 0 aliphatic carbocycles. The standard InChI is InChI=1S/C21H23N3O2.HI/c1-22-21(24-18-11-13-25-20-9-5-3-7-17(18)20)23-12-10-16-14-15-6-2-4-8-19(15)26-16;/h2-9,14,18H,10-13H2,1H3,(H2,22,23,24);1H. The van der Waals surface area contributed by atoms with E-state index in [-0.39, 0.29) is 30.0 Å². The van der Waals surface area contributed by atoms with Crippen LogP contribution >= 0.6 is 24.0 Å². The van der Waals surface area contributed by atoms with Crippen molar-refractivity contribution in [2.24, 2.45) is 4.99 Å². The molecule has 2 N–H and O–H groups in total. The van der Waals surface area contributed by atoms with Gasteiger partial charge < -0.3 is 19.8 Å². The maximum atomic E-state index is 5.86. The van der Waals surface area contributed by atoms with Crippen LogP contribution in [-0.4, -0.2) is 26.2 Å². The maximum absolute atomic E-state index is 5.86. The zero-order valence-corrected chi connectivity index (χ0v) is 17.6. The van der Waals surface area contributed by atoms with E-state index in [1.807, 2.05) is 36.4 Å². The molecule has 0 saturated heterocycles. The summed E-state index contributed by atoms with van der Waals surface area (Å²) in [5.74, 6) is 2.72. The Morgan fingerprint density at radius 3 is 2.81 bits per heavy atom. The van der Waals surface area contributed by atoms with E-state index >= 15 is 0 Å². The van der Waals surface area contributed by atoms with Gasteiger partial charge in [0.1, 0.15) is 17.1 Å². The fourth-order valence-corrected chi connectivity index (χ4v) is 3.32. The lowest BCUT2D eigenvalue weighted by atomic mass is 10.0. The first kappa shape index (κ1) is 19.5. The van der Waals surface area contributed by atoms with Crippen LogP contribution in [-0.2, 0) is 6.42 Å². The smallest absolute Gasteiger partial charge is 0.191 e. The monoisotopic (exact) mass is 477 g/mol. The Hall–Kier alpha value is -2.22. The molecule has 5 nitrogen and oxygen atoms in total. The van der Waals surface area contributed by atoms with E-state index in [2.05, 4.69) is 33.8 Å². The van der Waals surface area contributed by atoms with Gasteiger partial charge in [0.15, 0.2) is 5.96 Å². The average molecular weight is 477 g/mol. The second kappa shape index (κ2) is 9.12. The predicted molar refractivity (Wildman–Crippen MR) is 119 cm³/mol. The number of halogens is 1. The minimum absolute atomic E-state index is 0. The van der Waals surface area contributed by atoms with E-state index in [1.54, 1.807) is 7.05 Å². The molecule has 0 radical (unpaired) electrons. The number of nitrogens with one attached hydrogen (secondary N) is 2. The highest BCUT2D eigenvalue weighted by atomic mass is 127. The number of hydrogen-bond acceptors (Lipinski definition) is 3. The fourth-order valence-electron chi connectivity index (χ4n) is 3.32. The second-order valence-electron chi connectivity index (χ2n) is 6.37. The number of aliphatic imine (C=N–C) groups is 1. The molecule has 1 aliphatic heterocycles. The average Bonchev–Trinajstić information content (AvgIpc) is 3.10. The number of nitrogens with zero attached hydrogens (tertiary/aromatic N) is 1. The highest BCUT2D eigenvalue weighted by Gasteiger charge is 2.21. The molecule has 4 rings (SSSR count). The molecule has 1 aromatic heterocycles. The molecule has 0 fully saturated rings. The molecule has 2 heterocycles. The lowest BCUT2D eigenvalue weighted by Crippen LogP contribution is -2.41. The van der Waals surface area contributed by atoms with Crippen LogP contribution in [0.1, 0.15) is 23.8 Å². The van der Waals surface area contributed by atoms with Crippen molar-refractivity contribution in [3.8, 4) is 5.75 Å². The quantitative estimate of drug-likeness (QED) is 0.335. The second-order valence-corrected chi connectivity index (χ2v) is 6.37. The number of benzene rings is 2. The van der Waals surface area contributed by atoms with Crippen LogP contribution in [0.25, 0.3) is 11.0 Å². The lowest BCUT2D eigenvalue weighted by Gasteiger charge is -2.28. The minimum atomic E-state index is 0. The molecule has 1 unspecified atom stereocenters. The zero-order chi connectivity index (χ0) is 17.8. The van der Waals surface area contributed by atoms with Gasteiger partial charge in [-0.1, -0.05) is 36.4 Å². The third kappa shape index (κ3) is 4.55. The normalized spacial score (nSPS) is 16.2. The molecule has 1 aliphatic rings. The van der Waals surface area contributed by atoms with Crippen molar-refractivity contribution in [1.82, 2.24) is 10.6 Å². The number of ether oxygens (including phenoxy) is 1. The summed E-state index contributed by atoms with van der Waals surface area (Å²) in [5, 5.41) is 8.02. The van der Waals surface area contributed by atoms with Crippen molar-refractivity contribution in [2.45, 2.75) is 18.9 Å². The van der Waals surface area contributed by atoms with Crippen molar-refractivity contribution >= 4 is 40.9 Å². The molecule has 0 spiro atoms. The van der Waals surface area contributed by atoms with Gasteiger partial charge in [0.05, 0.1) is 12.6 Å². The van der Waals surface area contributed by atoms with E-state index in [4.69, 9.17) is 9.15 Å². The SMILES string of the molecule is CN=C(NCCc1cc2ccccc2o1)NC1CCOc2ccccc21.I. The van der Waals surface area contributed by atoms with Gasteiger partial charge in [0.25, 0.3) is 0 Å². The molecule has 0 saturated carbocycles. The van der Waals surface area contributed by atoms with Crippen LogP contribution in [0, 0.1) is 0 Å². The van der Waals surface area contributed by atoms with Gasteiger partial charge >= 0.3 is 0 Å². The Kier molecular flexibility index (Phi) is 6.60. The number of rotatable bonds is 4. The van der Waals surface area contributed by atoms with Gasteiger partial charge in [-0.2, -0.15) is 0 Å². The Morgan fingerprint density at radius 2 is 1.96 bits per heavy atom. The summed E-state index contributed by atoms with van der Waals surface area (Å²) < 4.78 is 11.6. The lowest BCUT2D eigenvalue weighted by molar-refractivity contribution is 0.261. The highest BCUT2D eigenvalue weighted by molar-refractivity contribution is 14.0. The largest absolute Gasteiger partial charge is 0.493 e. The summed E-state index contributed by atoms with van der Waals surface area (Å²) >= 11 is 0. The first-order valence-electron chi connectivity index (χ1n) is 9.00. The van der Waals surface area contributed by atoms with Crippen molar-refractivity contribution in [2.75, 3.05) is 20.2 Å². The number of hydrogen-bond donors (Lipinski definition) is 2. The Bertz CT molecular complexity index is 889. The molecule has 6 heteroatoms. The maximum Gasteiger partial charge on any atom is 0.191 e. The summed E-state index contributed by atoms with van der Waals surface area (Å²) in [4.78, 5) is 4.35. The van der Waals surface area contributed by atoms with Crippen LogP contribution in [0.5, 0.6) is 5.75 Å². The topological polar surface area (TPSA) is 58.8 Å². The fraction of sp³-hybridized carbons (Fsp3) is 0.286. The van der Waals surface area contributed by atoms with E-state index in [0.29, 0.717) is 6.61 Å². The summed E-state index contributed by atoms with van der Waals surface area (Å²) in [6.07, 6.45) is 1.72. The van der Waals surface area contributed by atoms with Crippen molar-refractivity contribution in [3.05, 3.63) is 65.9 Å². The summed E-state index contributed by atoms with van der Waals surface area (Å²) in [7, 11) is 1.79. The number of guanidine groups is 1. The van der Waals surface area contributed by atoms with E-state index in [0.717, 1.165) is 47.8 Å². The van der Waals surface area contributed by atoms with Crippen molar-refractivity contribution in [1.29, 1.82) is 0 Å². The van der Waals surface area contributed by atoms with Gasteiger partial charge in [-0.05, 0) is 18.2 Å². The zero-order valence-electron chi connectivity index (χ0n) is 15.3. The van der Waals surface area contributed by atoms with Gasteiger partial charge in [-0.3, -0.25) is 4.99 Å². The molecule has 142 valence electrons. The molecular formula is C21H24IN3O2. The van der Waals surface area contributed by atoms with Crippen LogP contribution in [0.3, 0.4) is 0 Å². The molecular weight excluding hydrogens is 453 g/mol. The summed E-state index contributed by atoms with van der Waals surface area (Å²) in [6, 6.07) is 18.5. The molecule has 27 heavy (non-hydrogen) atoms. The molecule has 2 aromatic carbocycles.